The van der Waals surface area contributed by atoms with E-state index in [0.717, 1.165) is 5.56 Å². The maximum absolute atomic E-state index is 11.5. The molecule has 1 atom stereocenters. The number of hydrogen-bond acceptors (Lipinski definition) is 4. The van der Waals surface area contributed by atoms with Crippen molar-refractivity contribution in [2.24, 2.45) is 0 Å². The number of aromatic nitrogens is 1. The highest BCUT2D eigenvalue weighted by atomic mass is 32.2. The molecule has 1 N–H and O–H groups in total. The molecular formula is C10H14N2OS. The third-order valence-corrected chi connectivity index (χ3v) is 2.75. The summed E-state index contributed by atoms with van der Waals surface area (Å²) < 4.78 is 0. The van der Waals surface area contributed by atoms with Gasteiger partial charge in [-0.05, 0) is 31.9 Å². The van der Waals surface area contributed by atoms with Gasteiger partial charge in [0.25, 0.3) is 0 Å². The highest BCUT2D eigenvalue weighted by molar-refractivity contribution is 8.13. The molecule has 1 unspecified atom stereocenters. The molecule has 0 aliphatic rings. The van der Waals surface area contributed by atoms with Crippen molar-refractivity contribution in [3.8, 4) is 0 Å². The van der Waals surface area contributed by atoms with E-state index in [1.54, 1.807) is 18.6 Å². The first-order valence-electron chi connectivity index (χ1n) is 4.40. The molecular weight excluding hydrogens is 196 g/mol. The lowest BCUT2D eigenvalue weighted by molar-refractivity contribution is 0.108. The number of carbonyl (C=O) groups excluding carboxylic acids is 1. The van der Waals surface area contributed by atoms with E-state index in [0.29, 0.717) is 5.56 Å². The summed E-state index contributed by atoms with van der Waals surface area (Å²) in [5.41, 5.74) is 1.70. The molecule has 1 heterocycles. The highest BCUT2D eigenvalue weighted by Crippen LogP contribution is 2.19. The third kappa shape index (κ3) is 2.33. The van der Waals surface area contributed by atoms with Crippen molar-refractivity contribution in [2.45, 2.75) is 13.0 Å². The average Bonchev–Trinajstić information content (AvgIpc) is 2.27. The van der Waals surface area contributed by atoms with E-state index in [1.165, 1.54) is 11.8 Å². The van der Waals surface area contributed by atoms with Gasteiger partial charge in [-0.3, -0.25) is 9.78 Å². The minimum atomic E-state index is 0.0650. The van der Waals surface area contributed by atoms with Gasteiger partial charge in [0.1, 0.15) is 0 Å². The summed E-state index contributed by atoms with van der Waals surface area (Å²) in [4.78, 5) is 15.5. The molecule has 14 heavy (non-hydrogen) atoms. The van der Waals surface area contributed by atoms with Gasteiger partial charge in [-0.2, -0.15) is 0 Å². The number of nitrogens with one attached hydrogen (secondary N) is 1. The van der Waals surface area contributed by atoms with Crippen molar-refractivity contribution in [2.75, 3.05) is 13.3 Å². The fraction of sp³-hybridized carbons (Fsp3) is 0.400. The first-order chi connectivity index (χ1) is 6.70. The summed E-state index contributed by atoms with van der Waals surface area (Å²) in [5, 5.41) is 3.18. The summed E-state index contributed by atoms with van der Waals surface area (Å²) >= 11 is 1.21. The Bertz CT molecular complexity index is 328. The van der Waals surface area contributed by atoms with Gasteiger partial charge in [0, 0.05) is 18.4 Å². The quantitative estimate of drug-likeness (QED) is 0.827. The van der Waals surface area contributed by atoms with Crippen LogP contribution in [0.5, 0.6) is 0 Å². The van der Waals surface area contributed by atoms with E-state index < -0.39 is 0 Å². The van der Waals surface area contributed by atoms with E-state index in [4.69, 9.17) is 0 Å². The van der Waals surface area contributed by atoms with Crippen molar-refractivity contribution < 1.29 is 4.79 Å². The summed E-state index contributed by atoms with van der Waals surface area (Å²) in [5.74, 6) is 0. The molecule has 0 radical (unpaired) electrons. The van der Waals surface area contributed by atoms with Crippen molar-refractivity contribution in [3.05, 3.63) is 29.6 Å². The smallest absolute Gasteiger partial charge is 0.220 e. The molecule has 1 aromatic rings. The molecule has 0 aliphatic carbocycles. The zero-order chi connectivity index (χ0) is 10.6. The molecule has 76 valence electrons. The maximum Gasteiger partial charge on any atom is 0.220 e. The summed E-state index contributed by atoms with van der Waals surface area (Å²) in [6, 6.07) is 2.05. The molecule has 0 saturated heterocycles. The Morgan fingerprint density at radius 1 is 1.64 bits per heavy atom. The summed E-state index contributed by atoms with van der Waals surface area (Å²) in [6.07, 6.45) is 5.12. The van der Waals surface area contributed by atoms with E-state index in [9.17, 15) is 4.79 Å². The molecule has 0 spiro atoms. The molecule has 0 amide bonds. The number of nitrogens with zero attached hydrogens (tertiary/aromatic N) is 1. The van der Waals surface area contributed by atoms with Gasteiger partial charge in [-0.15, -0.1) is 0 Å². The predicted molar refractivity (Wildman–Crippen MR) is 59.6 cm³/mol. The topological polar surface area (TPSA) is 42.0 Å². The zero-order valence-electron chi connectivity index (χ0n) is 8.57. The second-order valence-corrected chi connectivity index (χ2v) is 3.74. The Balaban J connectivity index is 3.09. The third-order valence-electron chi connectivity index (χ3n) is 2.16. The monoisotopic (exact) mass is 210 g/mol. The first-order valence-corrected chi connectivity index (χ1v) is 5.62. The molecule has 0 fully saturated rings. The first kappa shape index (κ1) is 11.2. The van der Waals surface area contributed by atoms with Crippen LogP contribution in [0.2, 0.25) is 0 Å². The molecule has 0 saturated carbocycles. The minimum Gasteiger partial charge on any atom is -0.313 e. The van der Waals surface area contributed by atoms with Crippen molar-refractivity contribution in [3.63, 3.8) is 0 Å². The number of thioether (sulfide) groups is 1. The van der Waals surface area contributed by atoms with Gasteiger partial charge >= 0.3 is 0 Å². The Hall–Kier alpha value is -0.870. The van der Waals surface area contributed by atoms with Crippen molar-refractivity contribution in [1.82, 2.24) is 10.3 Å². The largest absolute Gasteiger partial charge is 0.313 e. The van der Waals surface area contributed by atoms with E-state index in [-0.39, 0.29) is 11.2 Å². The van der Waals surface area contributed by atoms with E-state index in [2.05, 4.69) is 10.3 Å². The van der Waals surface area contributed by atoms with Crippen LogP contribution in [-0.2, 0) is 0 Å². The standard InChI is InChI=1S/C10H14N2OS/c1-7(11-2)8-4-5-12-6-9(8)10(13)14-3/h4-7,11H,1-3H3. The summed E-state index contributed by atoms with van der Waals surface area (Å²) in [6.45, 7) is 2.02. The van der Waals surface area contributed by atoms with Crippen molar-refractivity contribution in [1.29, 1.82) is 0 Å². The Morgan fingerprint density at radius 3 is 2.93 bits per heavy atom. The average molecular weight is 210 g/mol. The Labute approximate surface area is 88.3 Å². The predicted octanol–water partition coefficient (Wildman–Crippen LogP) is 1.87. The van der Waals surface area contributed by atoms with Crippen LogP contribution in [0, 0.1) is 0 Å². The van der Waals surface area contributed by atoms with E-state index in [1.807, 2.05) is 20.0 Å². The van der Waals surface area contributed by atoms with Crippen LogP contribution in [0.3, 0.4) is 0 Å². The second-order valence-electron chi connectivity index (χ2n) is 2.96. The second kappa shape index (κ2) is 5.12. The van der Waals surface area contributed by atoms with Crippen molar-refractivity contribution >= 4 is 16.9 Å². The van der Waals surface area contributed by atoms with Gasteiger partial charge in [0.2, 0.25) is 5.12 Å². The molecule has 0 aliphatic heterocycles. The van der Waals surface area contributed by atoms with Crippen LogP contribution in [0.4, 0.5) is 0 Å². The van der Waals surface area contributed by atoms with Gasteiger partial charge in [-0.25, -0.2) is 0 Å². The zero-order valence-corrected chi connectivity index (χ0v) is 9.39. The molecule has 1 aromatic heterocycles. The lowest BCUT2D eigenvalue weighted by Gasteiger charge is -2.13. The van der Waals surface area contributed by atoms with Gasteiger partial charge < -0.3 is 5.32 Å². The van der Waals surface area contributed by atoms with Crippen LogP contribution in [-0.4, -0.2) is 23.4 Å². The number of hydrogen-bond donors (Lipinski definition) is 1. The molecule has 1 rings (SSSR count). The number of pyridine rings is 1. The van der Waals surface area contributed by atoms with Crippen LogP contribution in [0.1, 0.15) is 28.9 Å². The Kier molecular flexibility index (Phi) is 4.10. The number of rotatable bonds is 3. The lowest BCUT2D eigenvalue weighted by atomic mass is 10.1. The lowest BCUT2D eigenvalue weighted by Crippen LogP contribution is -2.15. The number of carbonyl (C=O) groups is 1. The Morgan fingerprint density at radius 2 is 2.36 bits per heavy atom. The summed E-state index contributed by atoms with van der Waals surface area (Å²) in [7, 11) is 1.87. The molecule has 0 bridgehead atoms. The fourth-order valence-corrected chi connectivity index (χ4v) is 1.61. The van der Waals surface area contributed by atoms with E-state index >= 15 is 0 Å². The SMILES string of the molecule is CNC(C)c1ccncc1C(=O)SC. The van der Waals surface area contributed by atoms with Gasteiger partial charge in [0.15, 0.2) is 0 Å². The maximum atomic E-state index is 11.5. The minimum absolute atomic E-state index is 0.0650. The highest BCUT2D eigenvalue weighted by Gasteiger charge is 2.13. The fourth-order valence-electron chi connectivity index (χ4n) is 1.22. The van der Waals surface area contributed by atoms with Gasteiger partial charge in [0.05, 0.1) is 5.56 Å². The van der Waals surface area contributed by atoms with Crippen LogP contribution in [0.15, 0.2) is 18.5 Å². The van der Waals surface area contributed by atoms with Crippen LogP contribution >= 0.6 is 11.8 Å². The van der Waals surface area contributed by atoms with Crippen LogP contribution in [0.25, 0.3) is 0 Å². The molecule has 0 aromatic carbocycles. The normalized spacial score (nSPS) is 12.5. The van der Waals surface area contributed by atoms with Gasteiger partial charge in [-0.1, -0.05) is 11.8 Å². The molecule has 4 heteroatoms. The molecule has 3 nitrogen and oxygen atoms in total. The van der Waals surface area contributed by atoms with Crippen LogP contribution < -0.4 is 5.32 Å².